The van der Waals surface area contributed by atoms with E-state index in [2.05, 4.69) is 11.6 Å². The smallest absolute Gasteiger partial charge is 0.246 e. The van der Waals surface area contributed by atoms with Crippen LogP contribution in [0.3, 0.4) is 0 Å². The number of nitrogens with zero attached hydrogens (tertiary/aromatic N) is 3. The summed E-state index contributed by atoms with van der Waals surface area (Å²) in [4.78, 5) is 31.3. The van der Waals surface area contributed by atoms with Gasteiger partial charge < -0.3 is 9.80 Å². The predicted molar refractivity (Wildman–Crippen MR) is 75.9 cm³/mol. The predicted octanol–water partition coefficient (Wildman–Crippen LogP) is 1.17. The van der Waals surface area contributed by atoms with Gasteiger partial charge in [0.15, 0.2) is 0 Å². The largest absolute Gasteiger partial charge is 0.334 e. The Bertz CT molecular complexity index is 542. The highest BCUT2D eigenvalue weighted by atomic mass is 16.2. The van der Waals surface area contributed by atoms with E-state index in [4.69, 9.17) is 0 Å². The second kappa shape index (κ2) is 5.86. The first-order valence-electron chi connectivity index (χ1n) is 6.65. The van der Waals surface area contributed by atoms with Crippen molar-refractivity contribution in [1.82, 2.24) is 14.8 Å². The highest BCUT2D eigenvalue weighted by molar-refractivity contribution is 5.90. The van der Waals surface area contributed by atoms with Crippen LogP contribution in [0.4, 0.5) is 0 Å². The molecule has 0 saturated heterocycles. The minimum Gasteiger partial charge on any atom is -0.334 e. The molecule has 2 amide bonds. The Hall–Kier alpha value is -2.17. The van der Waals surface area contributed by atoms with Crippen molar-refractivity contribution in [2.75, 3.05) is 20.1 Å². The van der Waals surface area contributed by atoms with E-state index in [1.807, 2.05) is 19.1 Å². The third-order valence-electron chi connectivity index (χ3n) is 3.68. The third-order valence-corrected chi connectivity index (χ3v) is 3.68. The standard InChI is InChI=1S/C15H19N3O2/c1-4-14(19)17(3)10-15(20)18-9-7-13-12(11(18)2)6-5-8-16-13/h4-6,8,11H,1,7,9-10H2,2-3H3. The average molecular weight is 273 g/mol. The Morgan fingerprint density at radius 3 is 3.05 bits per heavy atom. The molecule has 106 valence electrons. The first-order chi connectivity index (χ1) is 9.54. The summed E-state index contributed by atoms with van der Waals surface area (Å²) in [5.41, 5.74) is 2.14. The summed E-state index contributed by atoms with van der Waals surface area (Å²) in [5.74, 6) is -0.296. The van der Waals surface area contributed by atoms with Crippen LogP contribution in [0.15, 0.2) is 31.0 Å². The highest BCUT2D eigenvalue weighted by Crippen LogP contribution is 2.27. The molecule has 0 saturated carbocycles. The van der Waals surface area contributed by atoms with Crippen molar-refractivity contribution in [3.8, 4) is 0 Å². The zero-order valence-corrected chi connectivity index (χ0v) is 11.9. The Morgan fingerprint density at radius 2 is 2.35 bits per heavy atom. The third kappa shape index (κ3) is 2.71. The van der Waals surface area contributed by atoms with E-state index in [1.54, 1.807) is 18.1 Å². The molecular weight excluding hydrogens is 254 g/mol. The van der Waals surface area contributed by atoms with Crippen molar-refractivity contribution in [3.63, 3.8) is 0 Å². The second-order valence-corrected chi connectivity index (χ2v) is 4.95. The highest BCUT2D eigenvalue weighted by Gasteiger charge is 2.28. The van der Waals surface area contributed by atoms with Crippen LogP contribution in [0.2, 0.25) is 0 Å². The molecule has 1 aliphatic rings. The van der Waals surface area contributed by atoms with Crippen LogP contribution < -0.4 is 0 Å². The number of pyridine rings is 1. The molecule has 5 heteroatoms. The molecule has 20 heavy (non-hydrogen) atoms. The lowest BCUT2D eigenvalue weighted by Gasteiger charge is -2.35. The summed E-state index contributed by atoms with van der Waals surface area (Å²) in [6.45, 7) is 6.13. The lowest BCUT2D eigenvalue weighted by molar-refractivity contribution is -0.139. The van der Waals surface area contributed by atoms with Gasteiger partial charge in [-0.2, -0.15) is 0 Å². The number of fused-ring (bicyclic) bond motifs is 1. The van der Waals surface area contributed by atoms with E-state index >= 15 is 0 Å². The number of likely N-dealkylation sites (N-methyl/N-ethyl adjacent to an activating group) is 1. The second-order valence-electron chi connectivity index (χ2n) is 4.95. The maximum absolute atomic E-state index is 12.3. The molecule has 1 aromatic heterocycles. The van der Waals surface area contributed by atoms with Gasteiger partial charge in [0.1, 0.15) is 0 Å². The molecule has 0 radical (unpaired) electrons. The van der Waals surface area contributed by atoms with Crippen LogP contribution in [0, 0.1) is 0 Å². The fraction of sp³-hybridized carbons (Fsp3) is 0.400. The molecule has 1 unspecified atom stereocenters. The molecule has 0 spiro atoms. The SMILES string of the molecule is C=CC(=O)N(C)CC(=O)N1CCc2ncccc2C1C. The lowest BCUT2D eigenvalue weighted by Crippen LogP contribution is -2.44. The molecule has 0 bridgehead atoms. The van der Waals surface area contributed by atoms with Crippen molar-refractivity contribution in [2.45, 2.75) is 19.4 Å². The van der Waals surface area contributed by atoms with E-state index in [-0.39, 0.29) is 24.4 Å². The van der Waals surface area contributed by atoms with Gasteiger partial charge in [0.2, 0.25) is 11.8 Å². The lowest BCUT2D eigenvalue weighted by atomic mass is 9.98. The molecule has 1 aromatic rings. The maximum atomic E-state index is 12.3. The van der Waals surface area contributed by atoms with E-state index in [0.717, 1.165) is 17.7 Å². The molecule has 2 heterocycles. The number of carbonyl (C=O) groups excluding carboxylic acids is 2. The van der Waals surface area contributed by atoms with Crippen LogP contribution >= 0.6 is 0 Å². The van der Waals surface area contributed by atoms with E-state index < -0.39 is 0 Å². The molecule has 0 fully saturated rings. The Balaban J connectivity index is 2.09. The fourth-order valence-corrected chi connectivity index (χ4v) is 2.50. The Morgan fingerprint density at radius 1 is 1.60 bits per heavy atom. The van der Waals surface area contributed by atoms with Gasteiger partial charge in [-0.1, -0.05) is 12.6 Å². The van der Waals surface area contributed by atoms with Crippen molar-refractivity contribution in [2.24, 2.45) is 0 Å². The van der Waals surface area contributed by atoms with Crippen LogP contribution in [-0.4, -0.2) is 46.7 Å². The zero-order valence-electron chi connectivity index (χ0n) is 11.9. The van der Waals surface area contributed by atoms with Gasteiger partial charge in [-0.15, -0.1) is 0 Å². The van der Waals surface area contributed by atoms with Gasteiger partial charge in [-0.25, -0.2) is 0 Å². The molecule has 1 atom stereocenters. The monoisotopic (exact) mass is 273 g/mol. The molecule has 0 aliphatic carbocycles. The van der Waals surface area contributed by atoms with Crippen molar-refractivity contribution in [3.05, 3.63) is 42.2 Å². The maximum Gasteiger partial charge on any atom is 0.246 e. The van der Waals surface area contributed by atoms with Crippen molar-refractivity contribution >= 4 is 11.8 Å². The van der Waals surface area contributed by atoms with E-state index in [1.165, 1.54) is 11.0 Å². The number of hydrogen-bond donors (Lipinski definition) is 0. The molecule has 1 aliphatic heterocycles. The minimum absolute atomic E-state index is 0.00724. The van der Waals surface area contributed by atoms with Gasteiger partial charge in [0.05, 0.1) is 12.6 Å². The Labute approximate surface area is 118 Å². The molecule has 0 aromatic carbocycles. The molecule has 0 N–H and O–H groups in total. The number of hydrogen-bond acceptors (Lipinski definition) is 3. The zero-order chi connectivity index (χ0) is 14.7. The van der Waals surface area contributed by atoms with Crippen LogP contribution in [0.5, 0.6) is 0 Å². The van der Waals surface area contributed by atoms with Gasteiger partial charge in [-0.3, -0.25) is 14.6 Å². The summed E-state index contributed by atoms with van der Waals surface area (Å²) in [6.07, 6.45) is 3.75. The van der Waals surface area contributed by atoms with E-state index in [0.29, 0.717) is 6.54 Å². The molecule has 5 nitrogen and oxygen atoms in total. The topological polar surface area (TPSA) is 53.5 Å². The number of carbonyl (C=O) groups is 2. The normalized spacial score (nSPS) is 17.3. The summed E-state index contributed by atoms with van der Waals surface area (Å²) < 4.78 is 0. The number of rotatable bonds is 3. The van der Waals surface area contributed by atoms with Crippen molar-refractivity contribution < 1.29 is 9.59 Å². The van der Waals surface area contributed by atoms with Crippen LogP contribution in [-0.2, 0) is 16.0 Å². The number of aromatic nitrogens is 1. The van der Waals surface area contributed by atoms with Gasteiger partial charge in [0, 0.05) is 31.9 Å². The first-order valence-corrected chi connectivity index (χ1v) is 6.65. The molecule has 2 rings (SSSR count). The molecular formula is C15H19N3O2. The summed E-state index contributed by atoms with van der Waals surface area (Å²) in [6, 6.07) is 3.88. The first kappa shape index (κ1) is 14.2. The quantitative estimate of drug-likeness (QED) is 0.777. The van der Waals surface area contributed by atoms with Gasteiger partial charge in [-0.05, 0) is 24.6 Å². The van der Waals surface area contributed by atoms with E-state index in [9.17, 15) is 9.59 Å². The van der Waals surface area contributed by atoms with Crippen molar-refractivity contribution in [1.29, 1.82) is 0 Å². The number of amides is 2. The average Bonchev–Trinajstić information content (AvgIpc) is 2.46. The van der Waals surface area contributed by atoms with Gasteiger partial charge in [0.25, 0.3) is 0 Å². The summed E-state index contributed by atoms with van der Waals surface area (Å²) in [7, 11) is 1.60. The minimum atomic E-state index is -0.245. The van der Waals surface area contributed by atoms with Gasteiger partial charge >= 0.3 is 0 Å². The fourth-order valence-electron chi connectivity index (χ4n) is 2.50. The summed E-state index contributed by atoms with van der Waals surface area (Å²) >= 11 is 0. The summed E-state index contributed by atoms with van der Waals surface area (Å²) in [5, 5.41) is 0. The Kier molecular flexibility index (Phi) is 4.17. The van der Waals surface area contributed by atoms with Crippen LogP contribution in [0.1, 0.15) is 24.2 Å². The van der Waals surface area contributed by atoms with Crippen LogP contribution in [0.25, 0.3) is 0 Å².